The van der Waals surface area contributed by atoms with Crippen LogP contribution in [0.25, 0.3) is 0 Å². The van der Waals surface area contributed by atoms with Gasteiger partial charge in [0.2, 0.25) is 0 Å². The van der Waals surface area contributed by atoms with Crippen molar-refractivity contribution in [2.24, 2.45) is 0 Å². The molecule has 1 aliphatic heterocycles. The third-order valence-corrected chi connectivity index (χ3v) is 4.20. The Balaban J connectivity index is 0.000000360. The topological polar surface area (TPSA) is 103 Å². The number of aliphatic carboxylic acids is 1. The number of aryl methyl sites for hydroxylation is 2. The van der Waals surface area contributed by atoms with Gasteiger partial charge in [0.15, 0.2) is 0 Å². The van der Waals surface area contributed by atoms with Crippen LogP contribution in [0.3, 0.4) is 0 Å². The summed E-state index contributed by atoms with van der Waals surface area (Å²) in [6.07, 6.45) is 3.74. The van der Waals surface area contributed by atoms with Crippen LogP contribution in [-0.2, 0) is 17.6 Å². The SMILES string of the molecule is Fc1ccccc1.O=C(O)CCNC(=O)NCCCc1ccc2c(n1)NCCC2. The molecular formula is C21H27FN4O3. The summed E-state index contributed by atoms with van der Waals surface area (Å²) in [5.41, 5.74) is 2.28. The third kappa shape index (κ3) is 9.05. The minimum absolute atomic E-state index is 0.0700. The number of fused-ring (bicyclic) bond motifs is 1. The van der Waals surface area contributed by atoms with Gasteiger partial charge in [-0.3, -0.25) is 4.79 Å². The summed E-state index contributed by atoms with van der Waals surface area (Å²) >= 11 is 0. The van der Waals surface area contributed by atoms with E-state index in [9.17, 15) is 14.0 Å². The van der Waals surface area contributed by atoms with Gasteiger partial charge in [0.25, 0.3) is 0 Å². The molecule has 0 saturated heterocycles. The summed E-state index contributed by atoms with van der Waals surface area (Å²) in [6.45, 7) is 1.64. The van der Waals surface area contributed by atoms with Crippen molar-refractivity contribution in [1.29, 1.82) is 0 Å². The summed E-state index contributed by atoms with van der Waals surface area (Å²) in [4.78, 5) is 26.3. The molecule has 1 aromatic heterocycles. The van der Waals surface area contributed by atoms with E-state index in [1.165, 1.54) is 17.7 Å². The van der Waals surface area contributed by atoms with E-state index in [4.69, 9.17) is 5.11 Å². The number of urea groups is 1. The van der Waals surface area contributed by atoms with Gasteiger partial charge in [-0.2, -0.15) is 0 Å². The minimum atomic E-state index is -0.924. The Morgan fingerprint density at radius 1 is 1.10 bits per heavy atom. The predicted octanol–water partition coefficient (Wildman–Crippen LogP) is 2.97. The Bertz CT molecular complexity index is 787. The highest BCUT2D eigenvalue weighted by Crippen LogP contribution is 2.19. The lowest BCUT2D eigenvalue weighted by Crippen LogP contribution is -2.37. The van der Waals surface area contributed by atoms with Crippen molar-refractivity contribution in [2.45, 2.75) is 32.1 Å². The standard InChI is InChI=1S/C15H22N4O3.C6H5F/c20-13(21)7-10-18-15(22)17-9-2-4-12-6-5-11-3-1-8-16-14(11)19-12;7-6-4-2-1-3-5-6/h5-6H,1-4,7-10H2,(H,16,19)(H,20,21)(H2,17,18,22);1-5H. The molecule has 3 rings (SSSR count). The maximum Gasteiger partial charge on any atom is 0.314 e. The Hall–Kier alpha value is -3.16. The van der Waals surface area contributed by atoms with E-state index in [0.29, 0.717) is 6.54 Å². The van der Waals surface area contributed by atoms with Crippen molar-refractivity contribution >= 4 is 17.8 Å². The van der Waals surface area contributed by atoms with Gasteiger partial charge >= 0.3 is 12.0 Å². The second-order valence-electron chi connectivity index (χ2n) is 6.57. The smallest absolute Gasteiger partial charge is 0.314 e. The number of hydrogen-bond donors (Lipinski definition) is 4. The fourth-order valence-corrected chi connectivity index (χ4v) is 2.74. The van der Waals surface area contributed by atoms with Crippen molar-refractivity contribution in [2.75, 3.05) is 25.0 Å². The van der Waals surface area contributed by atoms with E-state index < -0.39 is 5.97 Å². The van der Waals surface area contributed by atoms with Crippen LogP contribution in [0.15, 0.2) is 42.5 Å². The highest BCUT2D eigenvalue weighted by Gasteiger charge is 2.10. The van der Waals surface area contributed by atoms with E-state index in [0.717, 1.165) is 43.7 Å². The zero-order valence-corrected chi connectivity index (χ0v) is 16.3. The number of rotatable bonds is 7. The largest absolute Gasteiger partial charge is 0.481 e. The van der Waals surface area contributed by atoms with Crippen LogP contribution in [0.5, 0.6) is 0 Å². The molecule has 0 atom stereocenters. The molecule has 0 spiro atoms. The molecule has 2 heterocycles. The minimum Gasteiger partial charge on any atom is -0.481 e. The molecule has 2 aromatic rings. The molecule has 0 saturated carbocycles. The number of carbonyl (C=O) groups excluding carboxylic acids is 1. The highest BCUT2D eigenvalue weighted by atomic mass is 19.1. The third-order valence-electron chi connectivity index (χ3n) is 4.20. The summed E-state index contributed by atoms with van der Waals surface area (Å²) in [7, 11) is 0. The van der Waals surface area contributed by atoms with Gasteiger partial charge in [0, 0.05) is 25.3 Å². The van der Waals surface area contributed by atoms with Crippen molar-refractivity contribution in [3.63, 3.8) is 0 Å². The second kappa shape index (κ2) is 12.3. The van der Waals surface area contributed by atoms with Crippen molar-refractivity contribution in [1.82, 2.24) is 15.6 Å². The number of halogens is 1. The molecule has 29 heavy (non-hydrogen) atoms. The number of carboxylic acids is 1. The summed E-state index contributed by atoms with van der Waals surface area (Å²) in [5.74, 6) is -0.113. The number of pyridine rings is 1. The van der Waals surface area contributed by atoms with Crippen LogP contribution in [0, 0.1) is 5.82 Å². The summed E-state index contributed by atoms with van der Waals surface area (Å²) < 4.78 is 11.9. The lowest BCUT2D eigenvalue weighted by molar-refractivity contribution is -0.136. The first-order valence-corrected chi connectivity index (χ1v) is 9.71. The van der Waals surface area contributed by atoms with Crippen LogP contribution in [0.1, 0.15) is 30.5 Å². The number of hydrogen-bond acceptors (Lipinski definition) is 4. The van der Waals surface area contributed by atoms with Crippen LogP contribution < -0.4 is 16.0 Å². The number of aromatic nitrogens is 1. The van der Waals surface area contributed by atoms with Gasteiger partial charge in [-0.05, 0) is 49.4 Å². The van der Waals surface area contributed by atoms with Crippen LogP contribution in [0.4, 0.5) is 15.0 Å². The first-order valence-electron chi connectivity index (χ1n) is 9.71. The molecule has 0 fully saturated rings. The molecule has 1 aliphatic rings. The molecule has 7 nitrogen and oxygen atoms in total. The summed E-state index contributed by atoms with van der Waals surface area (Å²) in [6, 6.07) is 11.8. The van der Waals surface area contributed by atoms with Gasteiger partial charge in [0.05, 0.1) is 6.42 Å². The molecule has 0 unspecified atom stereocenters. The summed E-state index contributed by atoms with van der Waals surface area (Å²) in [5, 5.41) is 17.0. The fraction of sp³-hybridized carbons (Fsp3) is 0.381. The van der Waals surface area contributed by atoms with Gasteiger partial charge in [-0.15, -0.1) is 0 Å². The zero-order chi connectivity index (χ0) is 20.9. The Morgan fingerprint density at radius 3 is 2.55 bits per heavy atom. The van der Waals surface area contributed by atoms with E-state index in [2.05, 4.69) is 27.0 Å². The van der Waals surface area contributed by atoms with E-state index in [1.54, 1.807) is 18.2 Å². The highest BCUT2D eigenvalue weighted by molar-refractivity contribution is 5.74. The molecule has 8 heteroatoms. The maximum absolute atomic E-state index is 11.9. The molecule has 2 amide bonds. The normalized spacial score (nSPS) is 11.9. The number of amides is 2. The monoisotopic (exact) mass is 402 g/mol. The second-order valence-corrected chi connectivity index (χ2v) is 6.57. The molecule has 0 radical (unpaired) electrons. The number of nitrogens with zero attached hydrogens (tertiary/aromatic N) is 1. The van der Waals surface area contributed by atoms with E-state index >= 15 is 0 Å². The average molecular weight is 402 g/mol. The molecule has 0 aliphatic carbocycles. The average Bonchev–Trinajstić information content (AvgIpc) is 2.72. The lowest BCUT2D eigenvalue weighted by atomic mass is 10.1. The molecule has 4 N–H and O–H groups in total. The van der Waals surface area contributed by atoms with Crippen LogP contribution in [0.2, 0.25) is 0 Å². The Kier molecular flexibility index (Phi) is 9.41. The van der Waals surface area contributed by atoms with Crippen LogP contribution >= 0.6 is 0 Å². The molecule has 1 aromatic carbocycles. The number of carboxylic acid groups (broad SMARTS) is 1. The molecule has 156 valence electrons. The van der Waals surface area contributed by atoms with Gasteiger partial charge in [-0.1, -0.05) is 24.3 Å². The number of anilines is 1. The van der Waals surface area contributed by atoms with Gasteiger partial charge in [0.1, 0.15) is 11.6 Å². The molecular weight excluding hydrogens is 375 g/mol. The lowest BCUT2D eigenvalue weighted by Gasteiger charge is -2.17. The predicted molar refractivity (Wildman–Crippen MR) is 109 cm³/mol. The van der Waals surface area contributed by atoms with Crippen molar-refractivity contribution in [3.8, 4) is 0 Å². The number of nitrogens with one attached hydrogen (secondary N) is 3. The van der Waals surface area contributed by atoms with Gasteiger partial charge in [-0.25, -0.2) is 14.2 Å². The van der Waals surface area contributed by atoms with Crippen molar-refractivity contribution < 1.29 is 19.1 Å². The number of benzene rings is 1. The first-order chi connectivity index (χ1) is 14.0. The maximum atomic E-state index is 11.9. The van der Waals surface area contributed by atoms with Gasteiger partial charge < -0.3 is 21.1 Å². The van der Waals surface area contributed by atoms with Crippen molar-refractivity contribution in [3.05, 3.63) is 59.5 Å². The van der Waals surface area contributed by atoms with E-state index in [-0.39, 0.29) is 24.8 Å². The Morgan fingerprint density at radius 2 is 1.86 bits per heavy atom. The van der Waals surface area contributed by atoms with Crippen LogP contribution in [-0.4, -0.2) is 41.7 Å². The Labute approximate surface area is 169 Å². The fourth-order valence-electron chi connectivity index (χ4n) is 2.74. The zero-order valence-electron chi connectivity index (χ0n) is 16.3. The number of carbonyl (C=O) groups is 2. The molecule has 0 bridgehead atoms. The first kappa shape index (κ1) is 22.1. The quantitative estimate of drug-likeness (QED) is 0.533. The van der Waals surface area contributed by atoms with E-state index in [1.807, 2.05) is 6.07 Å².